The number of fused-ring (bicyclic) bond motifs is 1. The van der Waals surface area contributed by atoms with Gasteiger partial charge in [-0.2, -0.15) is 13.2 Å². The largest absolute Gasteiger partial charge is 0.493 e. The highest BCUT2D eigenvalue weighted by Crippen LogP contribution is 2.54. The van der Waals surface area contributed by atoms with Crippen LogP contribution in [0.15, 0.2) is 12.1 Å². The number of halogens is 4. The van der Waals surface area contributed by atoms with Crippen molar-refractivity contribution in [2.24, 2.45) is 5.73 Å². The molecule has 0 radical (unpaired) electrons. The zero-order chi connectivity index (χ0) is 16.2. The van der Waals surface area contributed by atoms with Gasteiger partial charge in [0.2, 0.25) is 0 Å². The molecule has 1 aromatic rings. The topological polar surface area (TPSA) is 55.5 Å². The van der Waals surface area contributed by atoms with Crippen LogP contribution in [0.3, 0.4) is 0 Å². The highest BCUT2D eigenvalue weighted by molar-refractivity contribution is 5.51. The number of nitrogens with two attached hydrogens (primary N) is 1. The summed E-state index contributed by atoms with van der Waals surface area (Å²) in [6, 6.07) is 0.473. The number of ether oxygens (including phenoxy) is 1. The van der Waals surface area contributed by atoms with Gasteiger partial charge in [-0.1, -0.05) is 19.9 Å². The Hall–Kier alpha value is -1.34. The molecule has 1 aliphatic carbocycles. The predicted molar refractivity (Wildman–Crippen MR) is 68.5 cm³/mol. The van der Waals surface area contributed by atoms with Crippen LogP contribution in [0.4, 0.5) is 17.6 Å². The van der Waals surface area contributed by atoms with Crippen LogP contribution in [-0.2, 0) is 5.41 Å². The lowest BCUT2D eigenvalue weighted by molar-refractivity contribution is -0.278. The van der Waals surface area contributed by atoms with E-state index in [9.17, 15) is 22.7 Å². The Morgan fingerprint density at radius 3 is 2.38 bits per heavy atom. The van der Waals surface area contributed by atoms with Gasteiger partial charge in [-0.15, -0.1) is 0 Å². The summed E-state index contributed by atoms with van der Waals surface area (Å²) in [5.74, 6) is -0.800. The maximum atomic E-state index is 13.8. The van der Waals surface area contributed by atoms with E-state index in [1.165, 1.54) is 27.0 Å². The Labute approximate surface area is 119 Å². The summed E-state index contributed by atoms with van der Waals surface area (Å²) in [4.78, 5) is 0. The number of rotatable bonds is 1. The van der Waals surface area contributed by atoms with Crippen molar-refractivity contribution in [2.75, 3.05) is 7.11 Å². The van der Waals surface area contributed by atoms with Crippen LogP contribution in [0.2, 0.25) is 0 Å². The molecule has 0 aliphatic heterocycles. The molecule has 0 saturated carbocycles. The minimum Gasteiger partial charge on any atom is -0.493 e. The van der Waals surface area contributed by atoms with Crippen LogP contribution in [0.5, 0.6) is 5.75 Å². The van der Waals surface area contributed by atoms with E-state index >= 15 is 0 Å². The van der Waals surface area contributed by atoms with E-state index in [4.69, 9.17) is 10.5 Å². The minimum absolute atomic E-state index is 0.0457. The zero-order valence-electron chi connectivity index (χ0n) is 11.9. The molecular formula is C14H17F4NO2. The number of benzene rings is 1. The number of alkyl halides is 3. The molecule has 7 heteroatoms. The van der Waals surface area contributed by atoms with Crippen molar-refractivity contribution in [2.45, 2.75) is 43.5 Å². The van der Waals surface area contributed by atoms with E-state index < -0.39 is 35.5 Å². The summed E-state index contributed by atoms with van der Waals surface area (Å²) in [6.45, 7) is 2.99. The van der Waals surface area contributed by atoms with Gasteiger partial charge >= 0.3 is 6.18 Å². The van der Waals surface area contributed by atoms with Gasteiger partial charge in [-0.3, -0.25) is 0 Å². The molecule has 2 atom stereocenters. The van der Waals surface area contributed by atoms with E-state index in [0.717, 1.165) is 6.07 Å². The first-order valence-electron chi connectivity index (χ1n) is 6.37. The Morgan fingerprint density at radius 1 is 1.33 bits per heavy atom. The van der Waals surface area contributed by atoms with E-state index in [1.807, 2.05) is 0 Å². The van der Waals surface area contributed by atoms with Gasteiger partial charge in [0.15, 0.2) is 17.2 Å². The maximum absolute atomic E-state index is 13.8. The lowest BCUT2D eigenvalue weighted by Gasteiger charge is -2.47. The summed E-state index contributed by atoms with van der Waals surface area (Å²) in [7, 11) is 1.24. The Balaban J connectivity index is 2.74. The van der Waals surface area contributed by atoms with Gasteiger partial charge in [-0.05, 0) is 23.5 Å². The molecular weight excluding hydrogens is 290 g/mol. The first kappa shape index (κ1) is 16.0. The van der Waals surface area contributed by atoms with Gasteiger partial charge in [0.1, 0.15) is 0 Å². The van der Waals surface area contributed by atoms with Crippen molar-refractivity contribution in [3.63, 3.8) is 0 Å². The molecule has 118 valence electrons. The molecule has 0 amide bonds. The van der Waals surface area contributed by atoms with Crippen LogP contribution in [0.25, 0.3) is 0 Å². The molecule has 0 unspecified atom stereocenters. The second kappa shape index (κ2) is 4.58. The summed E-state index contributed by atoms with van der Waals surface area (Å²) >= 11 is 0. The zero-order valence-corrected chi connectivity index (χ0v) is 11.9. The summed E-state index contributed by atoms with van der Waals surface area (Å²) in [6.07, 6.45) is -5.56. The van der Waals surface area contributed by atoms with E-state index in [2.05, 4.69) is 0 Å². The summed E-state index contributed by atoms with van der Waals surface area (Å²) < 4.78 is 58.5. The van der Waals surface area contributed by atoms with Gasteiger partial charge in [0.05, 0.1) is 13.2 Å². The molecule has 0 saturated heterocycles. The number of methoxy groups -OCH3 is 1. The monoisotopic (exact) mass is 307 g/mol. The SMILES string of the molecule is COc1c(F)ccc2c1C(C)(C)C[C@@](O)(C(F)(F)F)[C@@H]2N. The predicted octanol–water partition coefficient (Wildman–Crippen LogP) is 2.81. The first-order chi connectivity index (χ1) is 9.45. The van der Waals surface area contributed by atoms with Crippen LogP contribution in [0.1, 0.15) is 37.4 Å². The minimum atomic E-state index is -4.89. The lowest BCUT2D eigenvalue weighted by atomic mass is 9.63. The van der Waals surface area contributed by atoms with Gasteiger partial charge in [0, 0.05) is 5.56 Å². The molecule has 3 nitrogen and oxygen atoms in total. The molecule has 1 aliphatic rings. The molecule has 21 heavy (non-hydrogen) atoms. The Morgan fingerprint density at radius 2 is 1.90 bits per heavy atom. The van der Waals surface area contributed by atoms with Crippen molar-refractivity contribution in [3.05, 3.63) is 29.1 Å². The molecule has 0 bridgehead atoms. The number of hydrogen-bond acceptors (Lipinski definition) is 3. The molecule has 0 heterocycles. The van der Waals surface area contributed by atoms with E-state index in [1.54, 1.807) is 0 Å². The fraction of sp³-hybridized carbons (Fsp3) is 0.571. The second-order valence-electron chi connectivity index (χ2n) is 6.01. The highest BCUT2D eigenvalue weighted by atomic mass is 19.4. The van der Waals surface area contributed by atoms with Crippen LogP contribution < -0.4 is 10.5 Å². The molecule has 1 aromatic carbocycles. The third-order valence-electron chi connectivity index (χ3n) is 4.07. The smallest absolute Gasteiger partial charge is 0.419 e. The highest BCUT2D eigenvalue weighted by Gasteiger charge is 2.63. The van der Waals surface area contributed by atoms with Crippen molar-refractivity contribution in [3.8, 4) is 5.75 Å². The average molecular weight is 307 g/mol. The summed E-state index contributed by atoms with van der Waals surface area (Å²) in [5.41, 5.74) is 1.76. The van der Waals surface area contributed by atoms with Crippen LogP contribution in [-0.4, -0.2) is 24.0 Å². The van der Waals surface area contributed by atoms with E-state index in [-0.39, 0.29) is 16.9 Å². The Bertz CT molecular complexity index is 571. The lowest BCUT2D eigenvalue weighted by Crippen LogP contribution is -2.59. The van der Waals surface area contributed by atoms with Gasteiger partial charge in [0.25, 0.3) is 0 Å². The molecule has 3 N–H and O–H groups in total. The normalized spacial score (nSPS) is 28.1. The van der Waals surface area contributed by atoms with Gasteiger partial charge in [-0.25, -0.2) is 4.39 Å². The fourth-order valence-corrected chi connectivity index (χ4v) is 3.14. The standard InChI is InChI=1S/C14H17F4NO2/c1-12(2)6-13(20,14(16,17)18)11(19)7-4-5-8(15)10(21-3)9(7)12/h4-5,11,20H,6,19H2,1-3H3/t11-,13+/m1/s1. The van der Waals surface area contributed by atoms with E-state index in [0.29, 0.717) is 0 Å². The van der Waals surface area contributed by atoms with Crippen molar-refractivity contribution >= 4 is 0 Å². The van der Waals surface area contributed by atoms with Crippen LogP contribution in [0, 0.1) is 5.82 Å². The molecule has 0 spiro atoms. The van der Waals surface area contributed by atoms with Crippen molar-refractivity contribution in [1.29, 1.82) is 0 Å². The average Bonchev–Trinajstić information content (AvgIpc) is 2.34. The number of hydrogen-bond donors (Lipinski definition) is 2. The second-order valence-corrected chi connectivity index (χ2v) is 6.01. The molecule has 0 fully saturated rings. The quantitative estimate of drug-likeness (QED) is 0.785. The van der Waals surface area contributed by atoms with Gasteiger partial charge < -0.3 is 15.6 Å². The number of aliphatic hydroxyl groups is 1. The first-order valence-corrected chi connectivity index (χ1v) is 6.37. The third-order valence-corrected chi connectivity index (χ3v) is 4.07. The molecule has 2 rings (SSSR count). The van der Waals surface area contributed by atoms with Crippen molar-refractivity contribution in [1.82, 2.24) is 0 Å². The Kier molecular flexibility index (Phi) is 3.50. The van der Waals surface area contributed by atoms with Crippen LogP contribution >= 0.6 is 0 Å². The van der Waals surface area contributed by atoms with Crippen molar-refractivity contribution < 1.29 is 27.4 Å². The third kappa shape index (κ3) is 2.19. The molecule has 0 aromatic heterocycles. The fourth-order valence-electron chi connectivity index (χ4n) is 3.14. The summed E-state index contributed by atoms with van der Waals surface area (Å²) in [5, 5.41) is 10.1. The maximum Gasteiger partial charge on any atom is 0.419 e.